The molecule has 0 spiro atoms. The molecule has 0 aliphatic heterocycles. The van der Waals surface area contributed by atoms with Gasteiger partial charge < -0.3 is 4.74 Å². The van der Waals surface area contributed by atoms with Crippen LogP contribution in [0.15, 0.2) is 23.1 Å². The number of ether oxygens (including phenoxy) is 1. The number of nitrogens with one attached hydrogen (secondary N) is 1. The van der Waals surface area contributed by atoms with Crippen molar-refractivity contribution in [1.82, 2.24) is 0 Å². The van der Waals surface area contributed by atoms with E-state index in [1.807, 2.05) is 13.8 Å². The third-order valence-electron chi connectivity index (χ3n) is 2.55. The van der Waals surface area contributed by atoms with Gasteiger partial charge in [0.25, 0.3) is 9.05 Å². The SMILES string of the molecule is Cc1cc(S(=O)(=O)Cl)ccc1NS(=O)(=O)CCOC(C)C. The topological polar surface area (TPSA) is 89.5 Å². The van der Waals surface area contributed by atoms with Crippen LogP contribution in [0.3, 0.4) is 0 Å². The van der Waals surface area contributed by atoms with Crippen molar-refractivity contribution in [3.8, 4) is 0 Å². The summed E-state index contributed by atoms with van der Waals surface area (Å²) >= 11 is 0. The molecule has 0 aliphatic carbocycles. The molecule has 0 fully saturated rings. The molecule has 0 heterocycles. The zero-order chi connectivity index (χ0) is 16.3. The number of sulfonamides is 1. The lowest BCUT2D eigenvalue weighted by Crippen LogP contribution is -2.22. The molecule has 0 radical (unpaired) electrons. The highest BCUT2D eigenvalue weighted by Gasteiger charge is 2.15. The van der Waals surface area contributed by atoms with Gasteiger partial charge in [0.2, 0.25) is 10.0 Å². The van der Waals surface area contributed by atoms with Crippen LogP contribution in [0.2, 0.25) is 0 Å². The monoisotopic (exact) mass is 355 g/mol. The Balaban J connectivity index is 2.84. The summed E-state index contributed by atoms with van der Waals surface area (Å²) in [6, 6.07) is 3.92. The minimum absolute atomic E-state index is 0.0462. The average molecular weight is 356 g/mol. The third kappa shape index (κ3) is 6.21. The van der Waals surface area contributed by atoms with E-state index >= 15 is 0 Å². The second-order valence-electron chi connectivity index (χ2n) is 4.76. The standard InChI is InChI=1S/C12H18ClNO5S2/c1-9(2)19-6-7-20(15,16)14-12-5-4-11(8-10(12)3)21(13,17)18/h4-5,8-9,14H,6-7H2,1-3H3. The molecule has 0 atom stereocenters. The first-order chi connectivity index (χ1) is 9.51. The lowest BCUT2D eigenvalue weighted by Gasteiger charge is -2.12. The molecule has 0 saturated carbocycles. The molecule has 0 bridgehead atoms. The van der Waals surface area contributed by atoms with Crippen molar-refractivity contribution in [2.75, 3.05) is 17.1 Å². The van der Waals surface area contributed by atoms with Gasteiger partial charge in [-0.2, -0.15) is 0 Å². The summed E-state index contributed by atoms with van der Waals surface area (Å²) in [5.41, 5.74) is 0.772. The maximum Gasteiger partial charge on any atom is 0.261 e. The molecule has 0 amide bonds. The van der Waals surface area contributed by atoms with Gasteiger partial charge in [0.15, 0.2) is 0 Å². The maximum atomic E-state index is 11.9. The van der Waals surface area contributed by atoms with Crippen LogP contribution in [0.25, 0.3) is 0 Å². The molecule has 1 N–H and O–H groups in total. The molecular weight excluding hydrogens is 338 g/mol. The molecule has 1 aromatic rings. The fourth-order valence-electron chi connectivity index (χ4n) is 1.51. The Hall–Kier alpha value is -0.830. The van der Waals surface area contributed by atoms with E-state index in [0.29, 0.717) is 11.3 Å². The summed E-state index contributed by atoms with van der Waals surface area (Å²) < 4.78 is 53.7. The average Bonchev–Trinajstić information content (AvgIpc) is 2.29. The number of anilines is 1. The lowest BCUT2D eigenvalue weighted by molar-refractivity contribution is 0.0913. The first kappa shape index (κ1) is 18.2. The van der Waals surface area contributed by atoms with Crippen LogP contribution >= 0.6 is 10.7 Å². The Morgan fingerprint density at radius 3 is 2.33 bits per heavy atom. The summed E-state index contributed by atoms with van der Waals surface area (Å²) in [4.78, 5) is -0.0762. The van der Waals surface area contributed by atoms with E-state index in [1.165, 1.54) is 18.2 Å². The smallest absolute Gasteiger partial charge is 0.261 e. The van der Waals surface area contributed by atoms with Crippen LogP contribution in [0.4, 0.5) is 5.69 Å². The molecule has 1 rings (SSSR count). The number of halogens is 1. The van der Waals surface area contributed by atoms with Crippen LogP contribution in [0, 0.1) is 6.92 Å². The van der Waals surface area contributed by atoms with Gasteiger partial charge in [0, 0.05) is 10.7 Å². The van der Waals surface area contributed by atoms with Crippen molar-refractivity contribution in [2.24, 2.45) is 0 Å². The van der Waals surface area contributed by atoms with E-state index in [2.05, 4.69) is 4.72 Å². The first-order valence-corrected chi connectivity index (χ1v) is 10.1. The molecule has 0 aromatic heterocycles. The van der Waals surface area contributed by atoms with E-state index < -0.39 is 19.1 Å². The van der Waals surface area contributed by atoms with Gasteiger partial charge in [-0.05, 0) is 44.5 Å². The highest BCUT2D eigenvalue weighted by atomic mass is 35.7. The molecule has 0 saturated heterocycles. The summed E-state index contributed by atoms with van der Waals surface area (Å²) in [6.45, 7) is 5.30. The fourth-order valence-corrected chi connectivity index (χ4v) is 3.33. The van der Waals surface area contributed by atoms with Crippen LogP contribution in [0.1, 0.15) is 19.4 Å². The van der Waals surface area contributed by atoms with Gasteiger partial charge in [-0.25, -0.2) is 16.8 Å². The van der Waals surface area contributed by atoms with Crippen molar-refractivity contribution >= 4 is 35.4 Å². The van der Waals surface area contributed by atoms with Crippen molar-refractivity contribution in [3.05, 3.63) is 23.8 Å². The van der Waals surface area contributed by atoms with E-state index in [9.17, 15) is 16.8 Å². The normalized spacial score (nSPS) is 12.6. The van der Waals surface area contributed by atoms with E-state index in [0.717, 1.165) is 0 Å². The number of rotatable bonds is 7. The number of hydrogen-bond acceptors (Lipinski definition) is 5. The zero-order valence-corrected chi connectivity index (χ0v) is 14.3. The predicted molar refractivity (Wildman–Crippen MR) is 82.7 cm³/mol. The van der Waals surface area contributed by atoms with Gasteiger partial charge in [-0.3, -0.25) is 4.72 Å². The summed E-state index contributed by atoms with van der Waals surface area (Å²) in [5, 5.41) is 0. The number of benzene rings is 1. The van der Waals surface area contributed by atoms with Crippen LogP contribution in [-0.4, -0.2) is 35.3 Å². The number of aryl methyl sites for hydroxylation is 1. The Kier molecular flexibility index (Phi) is 6.03. The summed E-state index contributed by atoms with van der Waals surface area (Å²) in [7, 11) is -2.16. The minimum Gasteiger partial charge on any atom is -0.378 e. The quantitative estimate of drug-likeness (QED) is 0.756. The van der Waals surface area contributed by atoms with Crippen LogP contribution in [-0.2, 0) is 23.8 Å². The lowest BCUT2D eigenvalue weighted by atomic mass is 10.2. The van der Waals surface area contributed by atoms with Crippen LogP contribution < -0.4 is 4.72 Å². The van der Waals surface area contributed by atoms with Crippen molar-refractivity contribution in [2.45, 2.75) is 31.8 Å². The van der Waals surface area contributed by atoms with Gasteiger partial charge >= 0.3 is 0 Å². The Bertz CT molecular complexity index is 698. The number of hydrogen-bond donors (Lipinski definition) is 1. The molecule has 1 aromatic carbocycles. The molecule has 120 valence electrons. The van der Waals surface area contributed by atoms with Gasteiger partial charge in [0.05, 0.1) is 29.0 Å². The predicted octanol–water partition coefficient (Wildman–Crippen LogP) is 2.09. The molecule has 21 heavy (non-hydrogen) atoms. The summed E-state index contributed by atoms with van der Waals surface area (Å²) in [6.07, 6.45) is -0.0462. The van der Waals surface area contributed by atoms with E-state index in [1.54, 1.807) is 6.92 Å². The van der Waals surface area contributed by atoms with E-state index in [-0.39, 0.29) is 23.4 Å². The largest absolute Gasteiger partial charge is 0.378 e. The van der Waals surface area contributed by atoms with Gasteiger partial charge in [0.1, 0.15) is 0 Å². The molecule has 6 nitrogen and oxygen atoms in total. The molecule has 0 unspecified atom stereocenters. The summed E-state index contributed by atoms with van der Waals surface area (Å²) in [5.74, 6) is -0.180. The van der Waals surface area contributed by atoms with Crippen molar-refractivity contribution in [3.63, 3.8) is 0 Å². The minimum atomic E-state index is -3.83. The first-order valence-electron chi connectivity index (χ1n) is 6.19. The Labute approximate surface area is 129 Å². The molecule has 9 heteroatoms. The second-order valence-corrected chi connectivity index (χ2v) is 9.16. The van der Waals surface area contributed by atoms with Crippen molar-refractivity contribution in [1.29, 1.82) is 0 Å². The Morgan fingerprint density at radius 1 is 1.24 bits per heavy atom. The fraction of sp³-hybridized carbons (Fsp3) is 0.500. The Morgan fingerprint density at radius 2 is 1.86 bits per heavy atom. The highest BCUT2D eigenvalue weighted by Crippen LogP contribution is 2.22. The maximum absolute atomic E-state index is 11.9. The molecule has 0 aliphatic rings. The third-order valence-corrected chi connectivity index (χ3v) is 5.13. The van der Waals surface area contributed by atoms with Crippen molar-refractivity contribution < 1.29 is 21.6 Å². The molecular formula is C12H18ClNO5S2. The second kappa shape index (κ2) is 6.95. The van der Waals surface area contributed by atoms with Gasteiger partial charge in [-0.15, -0.1) is 0 Å². The van der Waals surface area contributed by atoms with Crippen LogP contribution in [0.5, 0.6) is 0 Å². The highest BCUT2D eigenvalue weighted by molar-refractivity contribution is 8.13. The van der Waals surface area contributed by atoms with Gasteiger partial charge in [-0.1, -0.05) is 0 Å². The van der Waals surface area contributed by atoms with E-state index in [4.69, 9.17) is 15.4 Å². The zero-order valence-electron chi connectivity index (χ0n) is 12.0.